The fourth-order valence-electron chi connectivity index (χ4n) is 6.53. The smallest absolute Gasteiger partial charge is 0.328 e. The number of carbonyl (C=O) groups excluding carboxylic acids is 3. The van der Waals surface area contributed by atoms with Crippen LogP contribution in [-0.2, 0) is 23.9 Å². The topological polar surface area (TPSA) is 142 Å². The number of amides is 2. The molecule has 300 valence electrons. The monoisotopic (exact) mass is 725 g/mol. The van der Waals surface area contributed by atoms with Crippen LogP contribution >= 0.6 is 0 Å². The summed E-state index contributed by atoms with van der Waals surface area (Å²) in [4.78, 5) is 47.1. The lowest BCUT2D eigenvalue weighted by molar-refractivity contribution is -0.150. The highest BCUT2D eigenvalue weighted by Gasteiger charge is 2.19. The number of ether oxygens (including phenoxy) is 1. The third kappa shape index (κ3) is 34.7. The van der Waals surface area contributed by atoms with Crippen molar-refractivity contribution in [1.82, 2.24) is 10.6 Å². The maximum absolute atomic E-state index is 12.5. The maximum atomic E-state index is 12.5. The van der Waals surface area contributed by atoms with Gasteiger partial charge in [0.2, 0.25) is 11.8 Å². The van der Waals surface area contributed by atoms with Gasteiger partial charge in [0.05, 0.1) is 13.2 Å². The minimum absolute atomic E-state index is 0.0757. The van der Waals surface area contributed by atoms with Crippen LogP contribution in [0.4, 0.5) is 0 Å². The SMILES string of the molecule is CCCCCCCCCCCCCCCCCCCCCCCCCC(=O)OC(CCCC)CCCCCC(=O)NCC(=O)NC(CO)C(=O)O. The first-order valence-electron chi connectivity index (χ1n) is 21.4. The van der Waals surface area contributed by atoms with E-state index in [1.165, 1.54) is 135 Å². The first kappa shape index (κ1) is 48.8. The van der Waals surface area contributed by atoms with E-state index in [2.05, 4.69) is 24.5 Å². The molecule has 0 fully saturated rings. The lowest BCUT2D eigenvalue weighted by Gasteiger charge is -2.18. The van der Waals surface area contributed by atoms with Gasteiger partial charge >= 0.3 is 11.9 Å². The molecular formula is C42H80N2O7. The molecule has 0 radical (unpaired) electrons. The van der Waals surface area contributed by atoms with Gasteiger partial charge in [-0.05, 0) is 32.1 Å². The standard InChI is InChI=1S/C42H80N2O7/c1-3-5-7-8-9-10-11-12-13-14-15-16-17-18-19-20-21-22-23-24-25-26-30-34-41(48)51-37(31-6-4-2)32-28-27-29-33-39(46)43-35-40(47)44-38(36-45)42(49)50/h37-38,45H,3-36H2,1-2H3,(H,43,46)(H,44,47)(H,49,50). The summed E-state index contributed by atoms with van der Waals surface area (Å²) in [5.74, 6) is -2.38. The third-order valence-corrected chi connectivity index (χ3v) is 9.85. The Morgan fingerprint density at radius 3 is 1.33 bits per heavy atom. The van der Waals surface area contributed by atoms with Crippen molar-refractivity contribution in [1.29, 1.82) is 0 Å². The van der Waals surface area contributed by atoms with Crippen LogP contribution in [0.2, 0.25) is 0 Å². The molecule has 0 aliphatic heterocycles. The van der Waals surface area contributed by atoms with E-state index in [4.69, 9.17) is 14.9 Å². The Morgan fingerprint density at radius 1 is 0.510 bits per heavy atom. The van der Waals surface area contributed by atoms with Gasteiger partial charge < -0.3 is 25.6 Å². The Kier molecular flexibility index (Phi) is 36.0. The molecule has 0 aromatic heterocycles. The van der Waals surface area contributed by atoms with Crippen LogP contribution in [0.3, 0.4) is 0 Å². The number of aliphatic carboxylic acids is 1. The summed E-state index contributed by atoms with van der Waals surface area (Å²) in [5.41, 5.74) is 0. The van der Waals surface area contributed by atoms with Crippen LogP contribution in [-0.4, -0.2) is 59.3 Å². The second-order valence-electron chi connectivity index (χ2n) is 14.8. The highest BCUT2D eigenvalue weighted by molar-refractivity contribution is 5.87. The number of unbranched alkanes of at least 4 members (excludes halogenated alkanes) is 25. The molecule has 0 saturated carbocycles. The van der Waals surface area contributed by atoms with E-state index in [9.17, 15) is 19.2 Å². The van der Waals surface area contributed by atoms with Crippen molar-refractivity contribution >= 4 is 23.8 Å². The first-order valence-corrected chi connectivity index (χ1v) is 21.4. The summed E-state index contributed by atoms with van der Waals surface area (Å²) >= 11 is 0. The molecule has 0 saturated heterocycles. The number of nitrogens with one attached hydrogen (secondary N) is 2. The van der Waals surface area contributed by atoms with Gasteiger partial charge in [0, 0.05) is 12.8 Å². The average Bonchev–Trinajstić information content (AvgIpc) is 3.11. The average molecular weight is 725 g/mol. The molecule has 51 heavy (non-hydrogen) atoms. The molecule has 0 spiro atoms. The van der Waals surface area contributed by atoms with E-state index in [1.807, 2.05) is 0 Å². The molecule has 0 rings (SSSR count). The van der Waals surface area contributed by atoms with Crippen molar-refractivity contribution in [2.24, 2.45) is 0 Å². The van der Waals surface area contributed by atoms with Crippen LogP contribution in [0.1, 0.15) is 219 Å². The van der Waals surface area contributed by atoms with Crippen LogP contribution < -0.4 is 10.6 Å². The van der Waals surface area contributed by atoms with Crippen LogP contribution in [0, 0.1) is 0 Å². The van der Waals surface area contributed by atoms with E-state index in [0.29, 0.717) is 12.8 Å². The van der Waals surface area contributed by atoms with Gasteiger partial charge in [-0.1, -0.05) is 174 Å². The minimum Gasteiger partial charge on any atom is -0.480 e. The van der Waals surface area contributed by atoms with Gasteiger partial charge in [-0.25, -0.2) is 4.79 Å². The molecule has 0 aromatic carbocycles. The third-order valence-electron chi connectivity index (χ3n) is 9.85. The molecule has 2 amide bonds. The van der Waals surface area contributed by atoms with Crippen LogP contribution in [0.25, 0.3) is 0 Å². The minimum atomic E-state index is -1.39. The van der Waals surface area contributed by atoms with Crippen LogP contribution in [0.15, 0.2) is 0 Å². The van der Waals surface area contributed by atoms with E-state index in [1.54, 1.807) is 0 Å². The quantitative estimate of drug-likeness (QED) is 0.0365. The Labute approximate surface area is 312 Å². The van der Waals surface area contributed by atoms with Gasteiger partial charge in [0.15, 0.2) is 0 Å². The Balaban J connectivity index is 3.69. The maximum Gasteiger partial charge on any atom is 0.328 e. The molecule has 2 atom stereocenters. The predicted octanol–water partition coefficient (Wildman–Crippen LogP) is 10.1. The number of hydrogen-bond acceptors (Lipinski definition) is 6. The summed E-state index contributed by atoms with van der Waals surface area (Å²) in [7, 11) is 0. The number of hydrogen-bond donors (Lipinski definition) is 4. The fraction of sp³-hybridized carbons (Fsp3) is 0.905. The fourth-order valence-corrected chi connectivity index (χ4v) is 6.53. The molecule has 9 nitrogen and oxygen atoms in total. The van der Waals surface area contributed by atoms with E-state index < -0.39 is 24.5 Å². The highest BCUT2D eigenvalue weighted by atomic mass is 16.5. The number of carboxylic acid groups (broad SMARTS) is 1. The number of aliphatic hydroxyl groups is 1. The number of aliphatic hydroxyl groups excluding tert-OH is 1. The summed E-state index contributed by atoms with van der Waals surface area (Å²) < 4.78 is 5.83. The van der Waals surface area contributed by atoms with Gasteiger partial charge in [-0.2, -0.15) is 0 Å². The summed E-state index contributed by atoms with van der Waals surface area (Å²) in [5, 5.41) is 22.4. The molecule has 4 N–H and O–H groups in total. The lowest BCUT2D eigenvalue weighted by Crippen LogP contribution is -2.47. The Morgan fingerprint density at radius 2 is 0.902 bits per heavy atom. The van der Waals surface area contributed by atoms with E-state index in [-0.39, 0.29) is 30.9 Å². The molecule has 9 heteroatoms. The number of carbonyl (C=O) groups is 4. The molecular weight excluding hydrogens is 644 g/mol. The zero-order valence-electron chi connectivity index (χ0n) is 33.1. The van der Waals surface area contributed by atoms with Crippen molar-refractivity contribution < 1.29 is 34.1 Å². The largest absolute Gasteiger partial charge is 0.480 e. The van der Waals surface area contributed by atoms with Gasteiger partial charge in [0.25, 0.3) is 0 Å². The lowest BCUT2D eigenvalue weighted by atomic mass is 10.0. The number of carboxylic acids is 1. The number of esters is 1. The van der Waals surface area contributed by atoms with Gasteiger partial charge in [0.1, 0.15) is 12.1 Å². The first-order chi connectivity index (χ1) is 24.8. The summed E-state index contributed by atoms with van der Waals surface area (Å²) in [6.07, 6.45) is 37.8. The Bertz CT molecular complexity index is 838. The Hall–Kier alpha value is -2.16. The molecule has 0 bridgehead atoms. The van der Waals surface area contributed by atoms with Crippen molar-refractivity contribution in [3.05, 3.63) is 0 Å². The highest BCUT2D eigenvalue weighted by Crippen LogP contribution is 2.18. The number of rotatable bonds is 39. The molecule has 0 aliphatic rings. The van der Waals surface area contributed by atoms with E-state index >= 15 is 0 Å². The molecule has 0 aromatic rings. The zero-order chi connectivity index (χ0) is 37.6. The summed E-state index contributed by atoms with van der Waals surface area (Å²) in [6, 6.07) is -1.39. The summed E-state index contributed by atoms with van der Waals surface area (Å²) in [6.45, 7) is 3.36. The van der Waals surface area contributed by atoms with Crippen molar-refractivity contribution in [2.75, 3.05) is 13.2 Å². The van der Waals surface area contributed by atoms with Crippen molar-refractivity contribution in [3.63, 3.8) is 0 Å². The zero-order valence-corrected chi connectivity index (χ0v) is 33.1. The van der Waals surface area contributed by atoms with Gasteiger partial charge in [-0.15, -0.1) is 0 Å². The second kappa shape index (κ2) is 37.6. The van der Waals surface area contributed by atoms with E-state index in [0.717, 1.165) is 51.4 Å². The molecule has 2 unspecified atom stereocenters. The van der Waals surface area contributed by atoms with Crippen molar-refractivity contribution in [3.8, 4) is 0 Å². The van der Waals surface area contributed by atoms with Gasteiger partial charge in [-0.3, -0.25) is 14.4 Å². The normalized spacial score (nSPS) is 12.4. The molecule has 0 aliphatic carbocycles. The predicted molar refractivity (Wildman–Crippen MR) is 209 cm³/mol. The molecule has 0 heterocycles. The van der Waals surface area contributed by atoms with Crippen LogP contribution in [0.5, 0.6) is 0 Å². The van der Waals surface area contributed by atoms with Crippen molar-refractivity contribution in [2.45, 2.75) is 231 Å². The second-order valence-corrected chi connectivity index (χ2v) is 14.8.